The van der Waals surface area contributed by atoms with E-state index in [9.17, 15) is 9.59 Å². The highest BCUT2D eigenvalue weighted by Gasteiger charge is 2.07. The number of halogens is 1. The molecule has 0 aromatic heterocycles. The first kappa shape index (κ1) is 18.8. The summed E-state index contributed by atoms with van der Waals surface area (Å²) in [6.45, 7) is 3.69. The summed E-state index contributed by atoms with van der Waals surface area (Å²) < 4.78 is 5.48. The molecule has 0 atom stereocenters. The molecule has 2 aromatic rings. The van der Waals surface area contributed by atoms with Crippen molar-refractivity contribution in [1.82, 2.24) is 10.9 Å². The summed E-state index contributed by atoms with van der Waals surface area (Å²) in [4.78, 5) is 23.5. The van der Waals surface area contributed by atoms with E-state index in [0.29, 0.717) is 17.2 Å². The van der Waals surface area contributed by atoms with E-state index in [2.05, 4.69) is 10.9 Å². The van der Waals surface area contributed by atoms with Crippen molar-refractivity contribution >= 4 is 23.4 Å². The van der Waals surface area contributed by atoms with Crippen molar-refractivity contribution in [2.75, 3.05) is 6.61 Å². The maximum atomic E-state index is 11.8. The van der Waals surface area contributed by atoms with Crippen LogP contribution in [0.5, 0.6) is 5.75 Å². The van der Waals surface area contributed by atoms with Crippen molar-refractivity contribution in [2.45, 2.75) is 26.7 Å². The number of hydrazine groups is 1. The fourth-order valence-corrected chi connectivity index (χ4v) is 2.28. The monoisotopic (exact) mass is 360 g/mol. The van der Waals surface area contributed by atoms with Gasteiger partial charge in [0.25, 0.3) is 5.91 Å². The van der Waals surface area contributed by atoms with Crippen LogP contribution in [0.25, 0.3) is 0 Å². The van der Waals surface area contributed by atoms with Crippen molar-refractivity contribution < 1.29 is 14.3 Å². The quantitative estimate of drug-likeness (QED) is 0.778. The lowest BCUT2D eigenvalue weighted by Crippen LogP contribution is -2.43. The third-order valence-corrected chi connectivity index (χ3v) is 3.85. The molecule has 0 aliphatic carbocycles. The standard InChI is InChI=1S/C19H21ClN2O3/c1-13-3-4-14(2)17(11-13)25-12-19(24)22-21-18(23)10-7-15-5-8-16(20)9-6-15/h3-6,8-9,11H,7,10,12H2,1-2H3,(H,21,23)(H,22,24). The van der Waals surface area contributed by atoms with Gasteiger partial charge in [-0.3, -0.25) is 20.4 Å². The van der Waals surface area contributed by atoms with E-state index in [1.54, 1.807) is 12.1 Å². The number of ether oxygens (including phenoxy) is 1. The Balaban J connectivity index is 1.69. The highest BCUT2D eigenvalue weighted by molar-refractivity contribution is 6.30. The van der Waals surface area contributed by atoms with Crippen LogP contribution in [0.4, 0.5) is 0 Å². The van der Waals surface area contributed by atoms with Gasteiger partial charge in [0.05, 0.1) is 0 Å². The average Bonchev–Trinajstić information content (AvgIpc) is 2.60. The van der Waals surface area contributed by atoms with Crippen LogP contribution in [-0.4, -0.2) is 18.4 Å². The summed E-state index contributed by atoms with van der Waals surface area (Å²) in [5, 5.41) is 0.657. The molecule has 0 heterocycles. The molecular weight excluding hydrogens is 340 g/mol. The third-order valence-electron chi connectivity index (χ3n) is 3.60. The Morgan fingerprint density at radius 2 is 1.68 bits per heavy atom. The van der Waals surface area contributed by atoms with Gasteiger partial charge in [0, 0.05) is 11.4 Å². The fraction of sp³-hybridized carbons (Fsp3) is 0.263. The Labute approximate surface area is 152 Å². The second-order valence-corrected chi connectivity index (χ2v) is 6.22. The SMILES string of the molecule is Cc1ccc(C)c(OCC(=O)NNC(=O)CCc2ccc(Cl)cc2)c1. The van der Waals surface area contributed by atoms with Crippen LogP contribution >= 0.6 is 11.6 Å². The lowest BCUT2D eigenvalue weighted by Gasteiger charge is -2.11. The third kappa shape index (κ3) is 6.47. The van der Waals surface area contributed by atoms with Gasteiger partial charge >= 0.3 is 0 Å². The van der Waals surface area contributed by atoms with Gasteiger partial charge in [0.1, 0.15) is 5.75 Å². The molecule has 25 heavy (non-hydrogen) atoms. The largest absolute Gasteiger partial charge is 0.483 e. The van der Waals surface area contributed by atoms with Crippen LogP contribution in [0.15, 0.2) is 42.5 Å². The molecule has 5 nitrogen and oxygen atoms in total. The lowest BCUT2D eigenvalue weighted by atomic mass is 10.1. The van der Waals surface area contributed by atoms with E-state index < -0.39 is 5.91 Å². The minimum atomic E-state index is -0.416. The van der Waals surface area contributed by atoms with Crippen LogP contribution < -0.4 is 15.6 Å². The van der Waals surface area contributed by atoms with Gasteiger partial charge in [0.15, 0.2) is 6.61 Å². The summed E-state index contributed by atoms with van der Waals surface area (Å²) in [7, 11) is 0. The molecule has 0 fully saturated rings. The molecule has 2 rings (SSSR count). The molecule has 0 aliphatic heterocycles. The number of aryl methyl sites for hydroxylation is 3. The second kappa shape index (κ2) is 9.08. The summed E-state index contributed by atoms with van der Waals surface area (Å²) >= 11 is 5.81. The predicted octanol–water partition coefficient (Wildman–Crippen LogP) is 3.12. The Hall–Kier alpha value is -2.53. The van der Waals surface area contributed by atoms with Gasteiger partial charge in [-0.2, -0.15) is 0 Å². The molecule has 0 aliphatic rings. The Kier molecular flexibility index (Phi) is 6.83. The number of nitrogens with one attached hydrogen (secondary N) is 2. The van der Waals surface area contributed by atoms with E-state index in [1.165, 1.54) is 0 Å². The van der Waals surface area contributed by atoms with Crippen LogP contribution in [0.1, 0.15) is 23.1 Å². The van der Waals surface area contributed by atoms with Crippen molar-refractivity contribution in [2.24, 2.45) is 0 Å². The topological polar surface area (TPSA) is 67.4 Å². The van der Waals surface area contributed by atoms with E-state index >= 15 is 0 Å². The summed E-state index contributed by atoms with van der Waals surface area (Å²) in [6.07, 6.45) is 0.831. The highest BCUT2D eigenvalue weighted by atomic mass is 35.5. The second-order valence-electron chi connectivity index (χ2n) is 5.78. The number of carbonyl (C=O) groups is 2. The zero-order valence-corrected chi connectivity index (χ0v) is 15.0. The molecule has 0 bridgehead atoms. The number of hydrogen-bond acceptors (Lipinski definition) is 3. The summed E-state index contributed by atoms with van der Waals surface area (Å²) in [5.41, 5.74) is 7.73. The van der Waals surface area contributed by atoms with Gasteiger partial charge < -0.3 is 4.74 Å². The maximum absolute atomic E-state index is 11.8. The first-order valence-electron chi connectivity index (χ1n) is 7.96. The van der Waals surface area contributed by atoms with Crippen LogP contribution in [-0.2, 0) is 16.0 Å². The van der Waals surface area contributed by atoms with Gasteiger partial charge in [-0.15, -0.1) is 0 Å². The number of amides is 2. The molecular formula is C19H21ClN2O3. The number of benzene rings is 2. The van der Waals surface area contributed by atoms with Crippen LogP contribution in [0, 0.1) is 13.8 Å². The molecule has 2 amide bonds. The molecule has 0 saturated carbocycles. The first-order valence-corrected chi connectivity index (χ1v) is 8.34. The minimum Gasteiger partial charge on any atom is -0.483 e. The zero-order valence-electron chi connectivity index (χ0n) is 14.3. The summed E-state index contributed by atoms with van der Waals surface area (Å²) in [5.74, 6) is -0.0278. The normalized spacial score (nSPS) is 10.2. The van der Waals surface area contributed by atoms with Crippen LogP contribution in [0.2, 0.25) is 5.02 Å². The average molecular weight is 361 g/mol. The Bertz CT molecular complexity index is 745. The number of rotatable bonds is 6. The fourth-order valence-electron chi connectivity index (χ4n) is 2.15. The summed E-state index contributed by atoms with van der Waals surface area (Å²) in [6, 6.07) is 13.1. The molecule has 2 N–H and O–H groups in total. The molecule has 2 aromatic carbocycles. The van der Waals surface area contributed by atoms with Crippen LogP contribution in [0.3, 0.4) is 0 Å². The molecule has 0 spiro atoms. The van der Waals surface area contributed by atoms with Crippen molar-refractivity contribution in [3.05, 3.63) is 64.2 Å². The number of hydrogen-bond donors (Lipinski definition) is 2. The smallest absolute Gasteiger partial charge is 0.276 e. The molecule has 0 saturated heterocycles. The van der Waals surface area contributed by atoms with E-state index in [1.807, 2.05) is 44.2 Å². The van der Waals surface area contributed by atoms with E-state index in [4.69, 9.17) is 16.3 Å². The predicted molar refractivity (Wildman–Crippen MR) is 97.5 cm³/mol. The molecule has 0 unspecified atom stereocenters. The maximum Gasteiger partial charge on any atom is 0.276 e. The van der Waals surface area contributed by atoms with Gasteiger partial charge in [0.2, 0.25) is 5.91 Å². The molecule has 132 valence electrons. The van der Waals surface area contributed by atoms with E-state index in [0.717, 1.165) is 16.7 Å². The highest BCUT2D eigenvalue weighted by Crippen LogP contribution is 2.18. The van der Waals surface area contributed by atoms with Crippen molar-refractivity contribution in [3.8, 4) is 5.75 Å². The van der Waals surface area contributed by atoms with Gasteiger partial charge in [-0.05, 0) is 55.2 Å². The molecule has 0 radical (unpaired) electrons. The van der Waals surface area contributed by atoms with Gasteiger partial charge in [-0.1, -0.05) is 35.9 Å². The van der Waals surface area contributed by atoms with E-state index in [-0.39, 0.29) is 18.9 Å². The van der Waals surface area contributed by atoms with Gasteiger partial charge in [-0.25, -0.2) is 0 Å². The number of carbonyl (C=O) groups excluding carboxylic acids is 2. The molecule has 6 heteroatoms. The minimum absolute atomic E-state index is 0.165. The van der Waals surface area contributed by atoms with Crippen molar-refractivity contribution in [3.63, 3.8) is 0 Å². The first-order chi connectivity index (χ1) is 11.9. The Morgan fingerprint density at radius 1 is 1.00 bits per heavy atom. The lowest BCUT2D eigenvalue weighted by molar-refractivity contribution is -0.130. The zero-order chi connectivity index (χ0) is 18.2. The Morgan fingerprint density at radius 3 is 2.40 bits per heavy atom. The van der Waals surface area contributed by atoms with Crippen molar-refractivity contribution in [1.29, 1.82) is 0 Å².